The number of non-ortho nitro benzene ring substituents is 1. The van der Waals surface area contributed by atoms with Gasteiger partial charge in [-0.15, -0.1) is 4.36 Å². The predicted octanol–water partition coefficient (Wildman–Crippen LogP) is 3.27. The van der Waals surface area contributed by atoms with Crippen LogP contribution in [0.4, 0.5) is 14.9 Å². The van der Waals surface area contributed by atoms with Crippen molar-refractivity contribution in [3.8, 4) is 0 Å². The Balaban J connectivity index is 3.04. The van der Waals surface area contributed by atoms with Crippen molar-refractivity contribution in [3.63, 3.8) is 0 Å². The van der Waals surface area contributed by atoms with E-state index in [0.29, 0.717) is 0 Å². The summed E-state index contributed by atoms with van der Waals surface area (Å²) in [5.41, 5.74) is -1.12. The zero-order valence-electron chi connectivity index (χ0n) is 12.7. The van der Waals surface area contributed by atoms with Crippen LogP contribution in [0.15, 0.2) is 22.6 Å². The smallest absolute Gasteiger partial charge is 0.442 e. The summed E-state index contributed by atoms with van der Waals surface area (Å²) in [4.78, 5) is 21.5. The van der Waals surface area contributed by atoms with Crippen molar-refractivity contribution in [1.82, 2.24) is 0 Å². The van der Waals surface area contributed by atoms with Crippen LogP contribution >= 0.6 is 0 Å². The molecule has 0 N–H and O–H groups in total. The van der Waals surface area contributed by atoms with Gasteiger partial charge in [0.25, 0.3) is 5.69 Å². The van der Waals surface area contributed by atoms with Gasteiger partial charge in [-0.2, -0.15) is 0 Å². The van der Waals surface area contributed by atoms with E-state index in [1.807, 2.05) is 0 Å². The molecule has 0 radical (unpaired) electrons. The van der Waals surface area contributed by atoms with Gasteiger partial charge in [-0.05, 0) is 32.4 Å². The first-order chi connectivity index (χ1) is 9.88. The topological polar surface area (TPSA) is 98.9 Å². The summed E-state index contributed by atoms with van der Waals surface area (Å²) in [5, 5.41) is 10.7. The first-order valence-corrected chi connectivity index (χ1v) is 8.34. The minimum Gasteiger partial charge on any atom is -0.442 e. The van der Waals surface area contributed by atoms with Crippen molar-refractivity contribution in [2.45, 2.75) is 32.1 Å². The average molecular weight is 332 g/mol. The summed E-state index contributed by atoms with van der Waals surface area (Å²) in [7, 11) is -3.05. The Morgan fingerprint density at radius 2 is 2.00 bits per heavy atom. The third-order valence-corrected chi connectivity index (χ3v) is 3.65. The minimum absolute atomic E-state index is 0.117. The maximum Gasteiger partial charge on any atom is 0.442 e. The lowest BCUT2D eigenvalue weighted by Gasteiger charge is -2.17. The number of carbonyl (C=O) groups excluding carboxylic acids is 1. The molecule has 0 aliphatic rings. The van der Waals surface area contributed by atoms with Crippen LogP contribution < -0.4 is 0 Å². The number of benzene rings is 1. The van der Waals surface area contributed by atoms with Gasteiger partial charge in [0, 0.05) is 12.3 Å². The Hall–Kier alpha value is -2.03. The largest absolute Gasteiger partial charge is 0.442 e. The van der Waals surface area contributed by atoms with E-state index in [0.717, 1.165) is 18.2 Å². The van der Waals surface area contributed by atoms with E-state index in [-0.39, 0.29) is 11.3 Å². The number of nitrogens with zero attached hydrogens (tertiary/aromatic N) is 2. The molecular weight excluding hydrogens is 315 g/mol. The van der Waals surface area contributed by atoms with E-state index in [1.54, 1.807) is 20.8 Å². The molecule has 0 saturated carbocycles. The zero-order chi connectivity index (χ0) is 17.1. The van der Waals surface area contributed by atoms with Crippen molar-refractivity contribution < 1.29 is 23.1 Å². The number of nitro benzene ring substituents is 1. The summed E-state index contributed by atoms with van der Waals surface area (Å²) in [6, 6.07) is 2.86. The van der Waals surface area contributed by atoms with E-state index in [2.05, 4.69) is 4.36 Å². The number of hydrogen-bond donors (Lipinski definition) is 0. The Morgan fingerprint density at radius 1 is 1.41 bits per heavy atom. The van der Waals surface area contributed by atoms with Gasteiger partial charge >= 0.3 is 6.09 Å². The van der Waals surface area contributed by atoms with Gasteiger partial charge in [0.1, 0.15) is 11.4 Å². The fraction of sp³-hybridized carbons (Fsp3) is 0.462. The Bertz CT molecular complexity index is 718. The lowest BCUT2D eigenvalue weighted by Crippen LogP contribution is -2.22. The summed E-state index contributed by atoms with van der Waals surface area (Å²) in [5.74, 6) is -1.12. The second kappa shape index (κ2) is 6.39. The van der Waals surface area contributed by atoms with E-state index >= 15 is 0 Å². The Labute approximate surface area is 127 Å². The molecule has 0 fully saturated rings. The molecule has 0 saturated heterocycles. The van der Waals surface area contributed by atoms with Gasteiger partial charge in [0.2, 0.25) is 0 Å². The van der Waals surface area contributed by atoms with Crippen LogP contribution in [0.3, 0.4) is 0 Å². The molecule has 1 rings (SSSR count). The van der Waals surface area contributed by atoms with Crippen LogP contribution in [-0.2, 0) is 20.2 Å². The van der Waals surface area contributed by atoms with Crippen LogP contribution in [0.25, 0.3) is 0 Å². The predicted molar refractivity (Wildman–Crippen MR) is 79.5 cm³/mol. The molecule has 0 aliphatic carbocycles. The van der Waals surface area contributed by atoms with Crippen LogP contribution in [0, 0.1) is 15.9 Å². The maximum atomic E-state index is 13.3. The number of rotatable bonds is 3. The van der Waals surface area contributed by atoms with Crippen LogP contribution in [0.5, 0.6) is 0 Å². The summed E-state index contributed by atoms with van der Waals surface area (Å²) < 4.78 is 34.0. The second-order valence-corrected chi connectivity index (χ2v) is 8.14. The quantitative estimate of drug-likeness (QED) is 0.625. The first-order valence-electron chi connectivity index (χ1n) is 6.25. The molecule has 7 nitrogen and oxygen atoms in total. The van der Waals surface area contributed by atoms with Gasteiger partial charge < -0.3 is 4.74 Å². The summed E-state index contributed by atoms with van der Waals surface area (Å²) in [6.45, 7) is 4.90. The molecule has 0 heterocycles. The van der Waals surface area contributed by atoms with E-state index in [1.165, 1.54) is 6.26 Å². The number of halogens is 1. The highest BCUT2D eigenvalue weighted by Gasteiger charge is 2.18. The molecule has 0 aromatic heterocycles. The molecular formula is C13H17FN2O5S. The molecule has 1 aromatic rings. The lowest BCUT2D eigenvalue weighted by atomic mass is 10.2. The maximum absolute atomic E-state index is 13.3. The molecule has 0 bridgehead atoms. The first kappa shape index (κ1) is 18.0. The molecule has 9 heteroatoms. The SMILES string of the molecule is CC(C)(C)OC(=O)N=S(C)(=O)Cc1cc(F)cc([N+](=O)[O-])c1. The average Bonchev–Trinajstić information content (AvgIpc) is 2.22. The molecule has 1 atom stereocenters. The van der Waals surface area contributed by atoms with Crippen molar-refractivity contribution in [2.75, 3.05) is 6.26 Å². The van der Waals surface area contributed by atoms with Crippen LogP contribution in [-0.4, -0.2) is 27.1 Å². The van der Waals surface area contributed by atoms with Gasteiger partial charge in [-0.3, -0.25) is 10.1 Å². The van der Waals surface area contributed by atoms with Crippen molar-refractivity contribution in [1.29, 1.82) is 0 Å². The van der Waals surface area contributed by atoms with E-state index in [4.69, 9.17) is 4.74 Å². The Kier molecular flexibility index (Phi) is 5.23. The summed E-state index contributed by atoms with van der Waals surface area (Å²) >= 11 is 0. The monoisotopic (exact) mass is 332 g/mol. The number of ether oxygens (including phenoxy) is 1. The van der Waals surface area contributed by atoms with Gasteiger partial charge in [0.15, 0.2) is 0 Å². The molecule has 1 amide bonds. The highest BCUT2D eigenvalue weighted by atomic mass is 32.2. The lowest BCUT2D eigenvalue weighted by molar-refractivity contribution is -0.385. The fourth-order valence-corrected chi connectivity index (χ4v) is 2.80. The molecule has 22 heavy (non-hydrogen) atoms. The molecule has 1 unspecified atom stereocenters. The van der Waals surface area contributed by atoms with Crippen molar-refractivity contribution in [3.05, 3.63) is 39.7 Å². The third kappa shape index (κ3) is 6.17. The minimum atomic E-state index is -3.05. The van der Waals surface area contributed by atoms with E-state index < -0.39 is 37.9 Å². The van der Waals surface area contributed by atoms with Gasteiger partial charge in [-0.25, -0.2) is 13.4 Å². The number of nitro groups is 1. The van der Waals surface area contributed by atoms with Crippen LogP contribution in [0.2, 0.25) is 0 Å². The second-order valence-electron chi connectivity index (χ2n) is 5.75. The highest BCUT2D eigenvalue weighted by molar-refractivity contribution is 7.92. The number of amides is 1. The van der Waals surface area contributed by atoms with Gasteiger partial charge in [0.05, 0.1) is 26.5 Å². The van der Waals surface area contributed by atoms with Crippen LogP contribution in [0.1, 0.15) is 26.3 Å². The van der Waals surface area contributed by atoms with Crippen molar-refractivity contribution in [2.24, 2.45) is 4.36 Å². The third-order valence-electron chi connectivity index (χ3n) is 2.25. The normalized spacial score (nSPS) is 14.0. The molecule has 1 aromatic carbocycles. The zero-order valence-corrected chi connectivity index (χ0v) is 13.5. The highest BCUT2D eigenvalue weighted by Crippen LogP contribution is 2.19. The Morgan fingerprint density at radius 3 is 2.50 bits per heavy atom. The molecule has 0 aliphatic heterocycles. The van der Waals surface area contributed by atoms with Gasteiger partial charge in [-0.1, -0.05) is 0 Å². The fourth-order valence-electron chi connectivity index (χ4n) is 1.60. The molecule has 122 valence electrons. The molecule has 0 spiro atoms. The van der Waals surface area contributed by atoms with E-state index in [9.17, 15) is 23.5 Å². The number of hydrogen-bond acceptors (Lipinski definition) is 5. The number of carbonyl (C=O) groups is 1. The standard InChI is InChI=1S/C13H17FN2O5S/c1-13(2,3)21-12(17)15-22(4,20)8-9-5-10(14)7-11(6-9)16(18)19/h5-7H,8H2,1-4H3. The summed E-state index contributed by atoms with van der Waals surface area (Å²) in [6.07, 6.45) is 0.208. The van der Waals surface area contributed by atoms with Crippen molar-refractivity contribution >= 4 is 21.5 Å².